The van der Waals surface area contributed by atoms with Crippen molar-refractivity contribution in [2.45, 2.75) is 44.7 Å². The number of benzene rings is 1. The molecular weight excluding hydrogens is 284 g/mol. The molecule has 1 fully saturated rings. The Kier molecular flexibility index (Phi) is 3.11. The third-order valence-electron chi connectivity index (χ3n) is 5.26. The van der Waals surface area contributed by atoms with Crippen molar-refractivity contribution in [2.24, 2.45) is 0 Å². The first-order chi connectivity index (χ1) is 11.4. The Morgan fingerprint density at radius 3 is 2.43 bits per heavy atom. The van der Waals surface area contributed by atoms with Crippen molar-refractivity contribution in [3.63, 3.8) is 0 Å². The van der Waals surface area contributed by atoms with Gasteiger partial charge in [-0.2, -0.15) is 0 Å². The smallest absolute Gasteiger partial charge is 0.136 e. The average Bonchev–Trinajstić information content (AvgIpc) is 3.36. The number of hydrogen-bond acceptors (Lipinski definition) is 4. The van der Waals surface area contributed by atoms with E-state index < -0.39 is 0 Å². The van der Waals surface area contributed by atoms with Gasteiger partial charge in [0, 0.05) is 37.5 Å². The lowest BCUT2D eigenvalue weighted by atomic mass is 10.1. The zero-order valence-corrected chi connectivity index (χ0v) is 13.4. The van der Waals surface area contributed by atoms with E-state index in [9.17, 15) is 0 Å². The highest BCUT2D eigenvalue weighted by Crippen LogP contribution is 2.40. The van der Waals surface area contributed by atoms with Crippen LogP contribution < -0.4 is 10.2 Å². The van der Waals surface area contributed by atoms with Gasteiger partial charge in [0.25, 0.3) is 0 Å². The normalized spacial score (nSPS) is 20.1. The maximum Gasteiger partial charge on any atom is 0.136 e. The molecule has 0 bridgehead atoms. The maximum atomic E-state index is 5.04. The van der Waals surface area contributed by atoms with Gasteiger partial charge in [0.05, 0.1) is 5.69 Å². The molecule has 4 nitrogen and oxygen atoms in total. The van der Waals surface area contributed by atoms with Crippen LogP contribution in [0, 0.1) is 0 Å². The first-order valence-corrected chi connectivity index (χ1v) is 8.80. The van der Waals surface area contributed by atoms with Gasteiger partial charge in [-0.3, -0.25) is 0 Å². The van der Waals surface area contributed by atoms with E-state index in [0.717, 1.165) is 44.8 Å². The molecule has 118 valence electrons. The lowest BCUT2D eigenvalue weighted by Gasteiger charge is -2.22. The highest BCUT2D eigenvalue weighted by molar-refractivity contribution is 5.54. The summed E-state index contributed by atoms with van der Waals surface area (Å²) in [6.07, 6.45) is 4.60. The number of fused-ring (bicyclic) bond motifs is 2. The van der Waals surface area contributed by atoms with Crippen LogP contribution >= 0.6 is 0 Å². The van der Waals surface area contributed by atoms with E-state index in [1.807, 2.05) is 0 Å². The number of nitrogens with one attached hydrogen (secondary N) is 1. The van der Waals surface area contributed by atoms with Crippen LogP contribution in [0.25, 0.3) is 0 Å². The Hall–Kier alpha value is -1.94. The van der Waals surface area contributed by atoms with E-state index in [1.165, 1.54) is 41.0 Å². The molecule has 0 atom stereocenters. The van der Waals surface area contributed by atoms with Crippen LogP contribution in [0.3, 0.4) is 0 Å². The Bertz CT molecular complexity index is 726. The Morgan fingerprint density at radius 2 is 1.70 bits per heavy atom. The Morgan fingerprint density at radius 1 is 0.957 bits per heavy atom. The van der Waals surface area contributed by atoms with Gasteiger partial charge in [-0.15, -0.1) is 0 Å². The average molecular weight is 306 g/mol. The molecule has 23 heavy (non-hydrogen) atoms. The molecule has 1 aromatic carbocycles. The minimum Gasteiger partial charge on any atom is -0.348 e. The van der Waals surface area contributed by atoms with Crippen LogP contribution in [0.5, 0.6) is 0 Å². The van der Waals surface area contributed by atoms with Gasteiger partial charge in [-0.25, -0.2) is 9.97 Å². The molecule has 2 aliphatic heterocycles. The molecule has 0 spiro atoms. The summed E-state index contributed by atoms with van der Waals surface area (Å²) in [5.41, 5.74) is 5.56. The zero-order valence-electron chi connectivity index (χ0n) is 13.4. The van der Waals surface area contributed by atoms with Crippen molar-refractivity contribution in [3.05, 3.63) is 52.5 Å². The zero-order chi connectivity index (χ0) is 15.2. The first kappa shape index (κ1) is 13.5. The van der Waals surface area contributed by atoms with E-state index in [0.29, 0.717) is 5.92 Å². The van der Waals surface area contributed by atoms with Crippen molar-refractivity contribution in [1.29, 1.82) is 0 Å². The van der Waals surface area contributed by atoms with Crippen LogP contribution in [0.1, 0.15) is 47.0 Å². The summed E-state index contributed by atoms with van der Waals surface area (Å²) < 4.78 is 0. The fourth-order valence-electron chi connectivity index (χ4n) is 3.81. The molecule has 0 saturated heterocycles. The summed E-state index contributed by atoms with van der Waals surface area (Å²) in [6.45, 7) is 4.04. The monoisotopic (exact) mass is 306 g/mol. The number of anilines is 1. The van der Waals surface area contributed by atoms with Gasteiger partial charge >= 0.3 is 0 Å². The van der Waals surface area contributed by atoms with E-state index in [1.54, 1.807) is 0 Å². The number of aromatic nitrogens is 2. The van der Waals surface area contributed by atoms with Gasteiger partial charge in [-0.05, 0) is 36.9 Å². The van der Waals surface area contributed by atoms with Crippen LogP contribution in [-0.4, -0.2) is 23.1 Å². The standard InChI is InChI=1S/C19H22N4/c1-2-4-15-12-23(11-14(15)3-1)19-16-7-9-20-10-8-17(16)21-18(22-19)13-5-6-13/h1-4,13,20H,5-12H2. The van der Waals surface area contributed by atoms with Crippen LogP contribution in [0.4, 0.5) is 5.82 Å². The van der Waals surface area contributed by atoms with E-state index in [4.69, 9.17) is 9.97 Å². The predicted molar refractivity (Wildman–Crippen MR) is 90.6 cm³/mol. The van der Waals surface area contributed by atoms with Crippen molar-refractivity contribution in [3.8, 4) is 0 Å². The molecule has 0 radical (unpaired) electrons. The summed E-state index contributed by atoms with van der Waals surface area (Å²) in [4.78, 5) is 12.4. The molecule has 1 saturated carbocycles. The summed E-state index contributed by atoms with van der Waals surface area (Å²) in [7, 11) is 0. The third-order valence-corrected chi connectivity index (χ3v) is 5.26. The van der Waals surface area contributed by atoms with Crippen molar-refractivity contribution < 1.29 is 0 Å². The largest absolute Gasteiger partial charge is 0.348 e. The lowest BCUT2D eigenvalue weighted by molar-refractivity contribution is 0.707. The van der Waals surface area contributed by atoms with Crippen LogP contribution in [0.2, 0.25) is 0 Å². The highest BCUT2D eigenvalue weighted by atomic mass is 15.2. The molecule has 0 unspecified atom stereocenters. The Labute approximate surface area is 137 Å². The Balaban J connectivity index is 1.57. The summed E-state index contributed by atoms with van der Waals surface area (Å²) in [5.74, 6) is 2.91. The minimum atomic E-state index is 0.611. The van der Waals surface area contributed by atoms with Gasteiger partial charge in [0.1, 0.15) is 11.6 Å². The van der Waals surface area contributed by atoms with Crippen molar-refractivity contribution in [1.82, 2.24) is 15.3 Å². The molecule has 1 N–H and O–H groups in total. The SMILES string of the molecule is c1ccc2c(c1)CN(c1nc(C3CC3)nc3c1CCNCC3)C2. The molecular formula is C19H22N4. The lowest BCUT2D eigenvalue weighted by Crippen LogP contribution is -2.21. The second-order valence-electron chi connectivity index (χ2n) is 6.98. The molecule has 3 aliphatic rings. The number of hydrogen-bond donors (Lipinski definition) is 1. The van der Waals surface area contributed by atoms with E-state index >= 15 is 0 Å². The number of nitrogens with zero attached hydrogens (tertiary/aromatic N) is 3. The van der Waals surface area contributed by atoms with Gasteiger partial charge in [-0.1, -0.05) is 24.3 Å². The van der Waals surface area contributed by atoms with Crippen molar-refractivity contribution >= 4 is 5.82 Å². The predicted octanol–water partition coefficient (Wildman–Crippen LogP) is 2.56. The highest BCUT2D eigenvalue weighted by Gasteiger charge is 2.31. The molecule has 0 amide bonds. The summed E-state index contributed by atoms with van der Waals surface area (Å²) >= 11 is 0. The quantitative estimate of drug-likeness (QED) is 0.926. The van der Waals surface area contributed by atoms with Gasteiger partial charge in [0.2, 0.25) is 0 Å². The maximum absolute atomic E-state index is 5.04. The first-order valence-electron chi connectivity index (χ1n) is 8.80. The fourth-order valence-corrected chi connectivity index (χ4v) is 3.81. The molecule has 1 aliphatic carbocycles. The van der Waals surface area contributed by atoms with Gasteiger partial charge in [0.15, 0.2) is 0 Å². The molecule has 1 aromatic heterocycles. The van der Waals surface area contributed by atoms with Crippen LogP contribution in [-0.2, 0) is 25.9 Å². The summed E-state index contributed by atoms with van der Waals surface area (Å²) in [5, 5.41) is 3.51. The molecule has 4 heteroatoms. The van der Waals surface area contributed by atoms with E-state index in [2.05, 4.69) is 34.5 Å². The molecule has 5 rings (SSSR count). The second-order valence-corrected chi connectivity index (χ2v) is 6.98. The van der Waals surface area contributed by atoms with Crippen LogP contribution in [0.15, 0.2) is 24.3 Å². The fraction of sp³-hybridized carbons (Fsp3) is 0.474. The van der Waals surface area contributed by atoms with Crippen molar-refractivity contribution in [2.75, 3.05) is 18.0 Å². The summed E-state index contributed by atoms with van der Waals surface area (Å²) in [6, 6.07) is 8.78. The topological polar surface area (TPSA) is 41.1 Å². The second kappa shape index (κ2) is 5.31. The molecule has 2 aromatic rings. The molecule has 3 heterocycles. The number of rotatable bonds is 2. The third kappa shape index (κ3) is 2.41. The van der Waals surface area contributed by atoms with Gasteiger partial charge < -0.3 is 10.2 Å². The van der Waals surface area contributed by atoms with E-state index in [-0.39, 0.29) is 0 Å². The minimum absolute atomic E-state index is 0.611.